The Balaban J connectivity index is 2.90. The van der Waals surface area contributed by atoms with Gasteiger partial charge in [0.05, 0.1) is 5.69 Å². The van der Waals surface area contributed by atoms with Crippen molar-refractivity contribution in [3.63, 3.8) is 0 Å². The molecular weight excluding hydrogens is 348 g/mol. The molecule has 0 heterocycles. The van der Waals surface area contributed by atoms with Gasteiger partial charge in [0.2, 0.25) is 0 Å². The van der Waals surface area contributed by atoms with E-state index in [9.17, 15) is 9.59 Å². The van der Waals surface area contributed by atoms with Crippen LogP contribution in [0.1, 0.15) is 5.56 Å². The van der Waals surface area contributed by atoms with Crippen molar-refractivity contribution in [3.05, 3.63) is 39.8 Å². The highest BCUT2D eigenvalue weighted by atomic mass is 79.9. The maximum atomic E-state index is 12.0. The van der Waals surface area contributed by atoms with E-state index in [0.717, 1.165) is 10.5 Å². The van der Waals surface area contributed by atoms with Gasteiger partial charge in [-0.2, -0.15) is 0 Å². The molecule has 7 heteroatoms. The van der Waals surface area contributed by atoms with Gasteiger partial charge in [-0.1, -0.05) is 17.7 Å². The summed E-state index contributed by atoms with van der Waals surface area (Å²) in [5.41, 5.74) is 1.34. The molecule has 0 bridgehead atoms. The van der Waals surface area contributed by atoms with Crippen LogP contribution in [0.15, 0.2) is 29.3 Å². The molecule has 0 aliphatic heterocycles. The van der Waals surface area contributed by atoms with Gasteiger partial charge in [-0.05, 0) is 40.5 Å². The first kappa shape index (κ1) is 16.5. The smallest absolute Gasteiger partial charge is 0.323 e. The fraction of sp³-hybridized carbons (Fsp3) is 0.231. The Labute approximate surface area is 130 Å². The molecule has 2 N–H and O–H groups in total. The van der Waals surface area contributed by atoms with Gasteiger partial charge in [-0.25, -0.2) is 4.79 Å². The highest BCUT2D eigenvalue weighted by Gasteiger charge is 2.17. The number of nitrogens with zero attached hydrogens (tertiary/aromatic N) is 1. The van der Waals surface area contributed by atoms with E-state index in [1.54, 1.807) is 12.1 Å². The third kappa shape index (κ3) is 4.54. The van der Waals surface area contributed by atoms with Crippen LogP contribution in [-0.2, 0) is 4.79 Å². The molecule has 0 saturated carbocycles. The van der Waals surface area contributed by atoms with Crippen LogP contribution in [0.25, 0.3) is 0 Å². The second kappa shape index (κ2) is 7.31. The number of carbonyl (C=O) groups excluding carboxylic acids is 1. The van der Waals surface area contributed by atoms with Gasteiger partial charge in [0.1, 0.15) is 6.54 Å². The van der Waals surface area contributed by atoms with Crippen LogP contribution in [0.5, 0.6) is 0 Å². The maximum Gasteiger partial charge on any atom is 0.323 e. The van der Waals surface area contributed by atoms with Crippen molar-refractivity contribution in [3.8, 4) is 0 Å². The summed E-state index contributed by atoms with van der Waals surface area (Å²) in [6.07, 6.45) is 1.46. The fourth-order valence-corrected chi connectivity index (χ4v) is 2.20. The lowest BCUT2D eigenvalue weighted by Gasteiger charge is -2.20. The van der Waals surface area contributed by atoms with Gasteiger partial charge in [0.25, 0.3) is 0 Å². The lowest BCUT2D eigenvalue weighted by atomic mass is 10.2. The minimum atomic E-state index is -1.09. The molecule has 5 nitrogen and oxygen atoms in total. The van der Waals surface area contributed by atoms with Crippen molar-refractivity contribution in [2.24, 2.45) is 0 Å². The number of carbonyl (C=O) groups is 2. The Morgan fingerprint density at radius 2 is 2.20 bits per heavy atom. The van der Waals surface area contributed by atoms with Crippen molar-refractivity contribution in [2.45, 2.75) is 6.92 Å². The average Bonchev–Trinajstić information content (AvgIpc) is 2.34. The first-order chi connectivity index (χ1) is 9.35. The van der Waals surface area contributed by atoms with Gasteiger partial charge in [0, 0.05) is 16.0 Å². The summed E-state index contributed by atoms with van der Waals surface area (Å²) >= 11 is 9.32. The fourth-order valence-electron chi connectivity index (χ4n) is 1.47. The average molecular weight is 362 g/mol. The second-order valence-corrected chi connectivity index (χ2v) is 5.34. The molecule has 0 aliphatic rings. The number of hydrogen-bond donors (Lipinski definition) is 2. The van der Waals surface area contributed by atoms with Gasteiger partial charge in [-0.3, -0.25) is 4.79 Å². The summed E-state index contributed by atoms with van der Waals surface area (Å²) in [5.74, 6) is -1.09. The van der Waals surface area contributed by atoms with Crippen LogP contribution < -0.4 is 5.32 Å². The van der Waals surface area contributed by atoms with Crippen LogP contribution in [0.3, 0.4) is 0 Å². The predicted octanol–water partition coefficient (Wildman–Crippen LogP) is 3.52. The molecule has 0 spiro atoms. The molecule has 0 unspecified atom stereocenters. The van der Waals surface area contributed by atoms with E-state index in [1.807, 2.05) is 6.92 Å². The zero-order chi connectivity index (χ0) is 15.3. The topological polar surface area (TPSA) is 69.6 Å². The van der Waals surface area contributed by atoms with Crippen molar-refractivity contribution >= 4 is 45.2 Å². The molecule has 0 saturated heterocycles. The van der Waals surface area contributed by atoms with Crippen LogP contribution in [0, 0.1) is 6.92 Å². The summed E-state index contributed by atoms with van der Waals surface area (Å²) in [6, 6.07) is 2.84. The zero-order valence-electron chi connectivity index (χ0n) is 10.8. The Morgan fingerprint density at radius 1 is 1.55 bits per heavy atom. The number of carboxylic acids is 1. The van der Waals surface area contributed by atoms with Gasteiger partial charge in [-0.15, -0.1) is 6.58 Å². The van der Waals surface area contributed by atoms with E-state index < -0.39 is 18.5 Å². The van der Waals surface area contributed by atoms with Crippen LogP contribution >= 0.6 is 27.5 Å². The van der Waals surface area contributed by atoms with Crippen molar-refractivity contribution in [2.75, 3.05) is 18.4 Å². The van der Waals surface area contributed by atoms with E-state index in [2.05, 4.69) is 27.8 Å². The summed E-state index contributed by atoms with van der Waals surface area (Å²) < 4.78 is 0.668. The number of anilines is 1. The van der Waals surface area contributed by atoms with Gasteiger partial charge in [0.15, 0.2) is 0 Å². The lowest BCUT2D eigenvalue weighted by molar-refractivity contribution is -0.137. The molecule has 0 atom stereocenters. The standard InChI is InChI=1S/C13H14BrClN2O3/c1-3-4-17(7-12(18)19)13(20)16-11-6-10(15)8(2)5-9(11)14/h3,5-6H,1,4,7H2,2H3,(H,16,20)(H,18,19). The maximum absolute atomic E-state index is 12.0. The normalized spacial score (nSPS) is 9.95. The largest absolute Gasteiger partial charge is 0.480 e. The number of hydrogen-bond acceptors (Lipinski definition) is 2. The number of aryl methyl sites for hydroxylation is 1. The quantitative estimate of drug-likeness (QED) is 0.788. The van der Waals surface area contributed by atoms with E-state index in [-0.39, 0.29) is 6.54 Å². The van der Waals surface area contributed by atoms with E-state index in [4.69, 9.17) is 16.7 Å². The van der Waals surface area contributed by atoms with Crippen molar-refractivity contribution < 1.29 is 14.7 Å². The molecule has 1 aromatic rings. The van der Waals surface area contributed by atoms with Gasteiger partial charge < -0.3 is 15.3 Å². The summed E-state index contributed by atoms with van der Waals surface area (Å²) in [5, 5.41) is 11.9. The number of amides is 2. The molecule has 108 valence electrons. The second-order valence-electron chi connectivity index (χ2n) is 4.07. The van der Waals surface area contributed by atoms with Crippen molar-refractivity contribution in [1.82, 2.24) is 4.90 Å². The highest BCUT2D eigenvalue weighted by Crippen LogP contribution is 2.29. The molecule has 2 amide bonds. The molecule has 0 aromatic heterocycles. The number of halogens is 2. The monoisotopic (exact) mass is 360 g/mol. The number of carboxylic acid groups (broad SMARTS) is 1. The number of urea groups is 1. The first-order valence-corrected chi connectivity index (χ1v) is 6.86. The van der Waals surface area contributed by atoms with E-state index in [1.165, 1.54) is 6.08 Å². The third-order valence-electron chi connectivity index (χ3n) is 2.45. The highest BCUT2D eigenvalue weighted by molar-refractivity contribution is 9.10. The predicted molar refractivity (Wildman–Crippen MR) is 82.3 cm³/mol. The molecule has 20 heavy (non-hydrogen) atoms. The Hall–Kier alpha value is -1.53. The molecule has 1 rings (SSSR count). The summed E-state index contributed by atoms with van der Waals surface area (Å²) in [7, 11) is 0. The number of aliphatic carboxylic acids is 1. The minimum Gasteiger partial charge on any atom is -0.480 e. The zero-order valence-corrected chi connectivity index (χ0v) is 13.2. The van der Waals surface area contributed by atoms with Crippen molar-refractivity contribution in [1.29, 1.82) is 0 Å². The van der Waals surface area contributed by atoms with E-state index >= 15 is 0 Å². The minimum absolute atomic E-state index is 0.134. The Morgan fingerprint density at radius 3 is 2.75 bits per heavy atom. The Bertz CT molecular complexity index is 549. The SMILES string of the molecule is C=CCN(CC(=O)O)C(=O)Nc1cc(Cl)c(C)cc1Br. The molecule has 0 fully saturated rings. The summed E-state index contributed by atoms with van der Waals surface area (Å²) in [4.78, 5) is 23.9. The van der Waals surface area contributed by atoms with Gasteiger partial charge >= 0.3 is 12.0 Å². The van der Waals surface area contributed by atoms with E-state index in [0.29, 0.717) is 15.2 Å². The molecular formula is C13H14BrClN2O3. The first-order valence-electron chi connectivity index (χ1n) is 5.69. The molecule has 0 radical (unpaired) electrons. The Kier molecular flexibility index (Phi) is 6.04. The van der Waals surface area contributed by atoms with Crippen LogP contribution in [0.4, 0.5) is 10.5 Å². The number of benzene rings is 1. The molecule has 0 aliphatic carbocycles. The third-order valence-corrected chi connectivity index (χ3v) is 3.52. The van der Waals surface area contributed by atoms with Crippen LogP contribution in [-0.4, -0.2) is 35.1 Å². The molecule has 1 aromatic carbocycles. The lowest BCUT2D eigenvalue weighted by Crippen LogP contribution is -2.38. The summed E-state index contributed by atoms with van der Waals surface area (Å²) in [6.45, 7) is 5.06. The number of rotatable bonds is 5. The number of nitrogens with one attached hydrogen (secondary N) is 1. The van der Waals surface area contributed by atoms with Crippen LogP contribution in [0.2, 0.25) is 5.02 Å².